The van der Waals surface area contributed by atoms with Gasteiger partial charge in [0, 0.05) is 37.8 Å². The van der Waals surface area contributed by atoms with Crippen molar-refractivity contribution in [2.24, 2.45) is 0 Å². The fraction of sp³-hybridized carbons (Fsp3) is 0.294. The fourth-order valence-electron chi connectivity index (χ4n) is 5.09. The minimum absolute atomic E-state index is 0.140. The topological polar surface area (TPSA) is 83.9 Å². The smallest absolute Gasteiger partial charge is 0.251 e. The van der Waals surface area contributed by atoms with E-state index in [0.29, 0.717) is 38.2 Å². The molecule has 0 saturated carbocycles. The van der Waals surface area contributed by atoms with Crippen LogP contribution < -0.4 is 10.1 Å². The Labute approximate surface area is 241 Å². The third-order valence-corrected chi connectivity index (χ3v) is 7.14. The van der Waals surface area contributed by atoms with Gasteiger partial charge in [0.25, 0.3) is 5.91 Å². The monoisotopic (exact) mass is 551 g/mol. The van der Waals surface area contributed by atoms with E-state index in [9.17, 15) is 9.90 Å². The van der Waals surface area contributed by atoms with Gasteiger partial charge in [0.05, 0.1) is 31.6 Å². The summed E-state index contributed by atoms with van der Waals surface area (Å²) >= 11 is 0. The highest BCUT2D eigenvalue weighted by molar-refractivity contribution is 5.94. The van der Waals surface area contributed by atoms with Gasteiger partial charge < -0.3 is 19.9 Å². The predicted octanol–water partition coefficient (Wildman–Crippen LogP) is 4.42. The Balaban J connectivity index is 1.34. The quantitative estimate of drug-likeness (QED) is 0.354. The molecule has 0 radical (unpaired) electrons. The lowest BCUT2D eigenvalue weighted by Gasteiger charge is -2.23. The Morgan fingerprint density at radius 3 is 2.61 bits per heavy atom. The van der Waals surface area contributed by atoms with Gasteiger partial charge in [0.15, 0.2) is 0 Å². The van der Waals surface area contributed by atoms with Crippen LogP contribution in [0.4, 0.5) is 0 Å². The van der Waals surface area contributed by atoms with Gasteiger partial charge in [-0.15, -0.1) is 0 Å². The Bertz CT molecular complexity index is 1400. The lowest BCUT2D eigenvalue weighted by atomic mass is 9.99. The van der Waals surface area contributed by atoms with Crippen LogP contribution in [0.25, 0.3) is 0 Å². The van der Waals surface area contributed by atoms with Crippen LogP contribution in [0.5, 0.6) is 5.75 Å². The summed E-state index contributed by atoms with van der Waals surface area (Å²) in [5.74, 6) is 0.525. The van der Waals surface area contributed by atoms with E-state index in [0.717, 1.165) is 47.8 Å². The van der Waals surface area contributed by atoms with Crippen molar-refractivity contribution in [1.82, 2.24) is 15.2 Å². The molecule has 5 rings (SSSR count). The number of pyridine rings is 1. The number of nitrogens with one attached hydrogen (secondary N) is 1. The van der Waals surface area contributed by atoms with Crippen LogP contribution >= 0.6 is 0 Å². The number of aliphatic hydroxyl groups is 1. The molecule has 1 aliphatic rings. The van der Waals surface area contributed by atoms with E-state index in [1.54, 1.807) is 6.07 Å². The third kappa shape index (κ3) is 8.47. The molecule has 3 aromatic carbocycles. The summed E-state index contributed by atoms with van der Waals surface area (Å²) in [5, 5.41) is 12.9. The molecule has 2 heterocycles. The maximum absolute atomic E-state index is 13.2. The summed E-state index contributed by atoms with van der Waals surface area (Å²) in [7, 11) is 0. The fourth-order valence-corrected chi connectivity index (χ4v) is 5.09. The van der Waals surface area contributed by atoms with Crippen LogP contribution in [0.3, 0.4) is 0 Å². The van der Waals surface area contributed by atoms with Gasteiger partial charge in [-0.3, -0.25) is 14.7 Å². The van der Waals surface area contributed by atoms with Crippen LogP contribution in [0.2, 0.25) is 0 Å². The second kappa shape index (κ2) is 14.6. The van der Waals surface area contributed by atoms with Crippen molar-refractivity contribution in [2.45, 2.75) is 32.0 Å². The average molecular weight is 552 g/mol. The van der Waals surface area contributed by atoms with E-state index in [2.05, 4.69) is 39.5 Å². The minimum atomic E-state index is -0.377. The number of hydrogen-bond donors (Lipinski definition) is 2. The number of carbonyl (C=O) groups is 1. The van der Waals surface area contributed by atoms with E-state index in [1.165, 1.54) is 5.56 Å². The normalized spacial score (nSPS) is 15.1. The number of hydrogen-bond acceptors (Lipinski definition) is 6. The summed E-state index contributed by atoms with van der Waals surface area (Å²) in [6, 6.07) is 29.6. The van der Waals surface area contributed by atoms with Crippen molar-refractivity contribution in [3.63, 3.8) is 0 Å². The first kappa shape index (κ1) is 28.5. The van der Waals surface area contributed by atoms with Crippen molar-refractivity contribution < 1.29 is 19.4 Å². The van der Waals surface area contributed by atoms with Gasteiger partial charge in [-0.05, 0) is 59.0 Å². The molecular formula is C34H37N3O4. The zero-order chi connectivity index (χ0) is 28.3. The molecule has 4 aromatic rings. The molecule has 7 heteroatoms. The van der Waals surface area contributed by atoms with Gasteiger partial charge in [0.2, 0.25) is 0 Å². The number of fused-ring (bicyclic) bond motifs is 3. The summed E-state index contributed by atoms with van der Waals surface area (Å²) in [6.45, 7) is 3.66. The minimum Gasteiger partial charge on any atom is -0.491 e. The van der Waals surface area contributed by atoms with Gasteiger partial charge in [0.1, 0.15) is 12.4 Å². The first-order valence-corrected chi connectivity index (χ1v) is 14.2. The molecule has 0 spiro atoms. The molecule has 212 valence electrons. The van der Waals surface area contributed by atoms with Crippen molar-refractivity contribution in [3.8, 4) is 5.75 Å². The first-order valence-electron chi connectivity index (χ1n) is 14.2. The summed E-state index contributed by atoms with van der Waals surface area (Å²) in [4.78, 5) is 20.1. The maximum Gasteiger partial charge on any atom is 0.251 e. The standard InChI is InChI=1S/C34H37N3O4/c38-25-32(21-26-7-2-1-3-8-26)36-34(39)29-12-13-33-30(22-29)20-27-9-6-10-28(19-27)23-37(15-16-40-17-18-41-33)24-31-11-4-5-14-35-31/h1-14,19,22,32,38H,15-18,20-21,23-25H2,(H,36,39)/t32-/m0/s1. The van der Waals surface area contributed by atoms with E-state index in [-0.39, 0.29) is 18.6 Å². The van der Waals surface area contributed by atoms with E-state index < -0.39 is 0 Å². The van der Waals surface area contributed by atoms with E-state index in [4.69, 9.17) is 9.47 Å². The van der Waals surface area contributed by atoms with Crippen molar-refractivity contribution in [2.75, 3.05) is 33.0 Å². The molecule has 1 amide bonds. The molecule has 0 aliphatic carbocycles. The second-order valence-electron chi connectivity index (χ2n) is 10.4. The largest absolute Gasteiger partial charge is 0.491 e. The van der Waals surface area contributed by atoms with Crippen LogP contribution in [0.1, 0.15) is 38.3 Å². The zero-order valence-electron chi connectivity index (χ0n) is 23.2. The average Bonchev–Trinajstić information content (AvgIpc) is 3.00. The summed E-state index contributed by atoms with van der Waals surface area (Å²) < 4.78 is 12.0. The number of nitrogens with zero attached hydrogens (tertiary/aromatic N) is 2. The molecule has 0 unspecified atom stereocenters. The lowest BCUT2D eigenvalue weighted by Crippen LogP contribution is -2.39. The van der Waals surface area contributed by atoms with E-state index >= 15 is 0 Å². The molecular weight excluding hydrogens is 514 g/mol. The summed E-state index contributed by atoms with van der Waals surface area (Å²) in [5.41, 5.74) is 5.91. The molecule has 0 saturated heterocycles. The Morgan fingerprint density at radius 1 is 0.927 bits per heavy atom. The molecule has 7 nitrogen and oxygen atoms in total. The molecule has 2 bridgehead atoms. The van der Waals surface area contributed by atoms with Gasteiger partial charge >= 0.3 is 0 Å². The number of ether oxygens (including phenoxy) is 2. The first-order chi connectivity index (χ1) is 20.2. The zero-order valence-corrected chi connectivity index (χ0v) is 23.2. The number of amides is 1. The van der Waals surface area contributed by atoms with Crippen LogP contribution in [-0.2, 0) is 30.7 Å². The van der Waals surface area contributed by atoms with Gasteiger partial charge in [-0.1, -0.05) is 60.7 Å². The predicted molar refractivity (Wildman–Crippen MR) is 159 cm³/mol. The third-order valence-electron chi connectivity index (χ3n) is 7.14. The van der Waals surface area contributed by atoms with Crippen LogP contribution in [-0.4, -0.2) is 59.9 Å². The number of rotatable bonds is 7. The Kier molecular flexibility index (Phi) is 10.1. The van der Waals surface area contributed by atoms with Gasteiger partial charge in [-0.25, -0.2) is 0 Å². The number of aromatic nitrogens is 1. The summed E-state index contributed by atoms with van der Waals surface area (Å²) in [6.07, 6.45) is 3.01. The highest BCUT2D eigenvalue weighted by Gasteiger charge is 2.17. The van der Waals surface area contributed by atoms with Crippen LogP contribution in [0.15, 0.2) is 97.2 Å². The SMILES string of the molecule is O=C(N[C@H](CO)Cc1ccccc1)c1ccc2c(c1)Cc1cccc(c1)CN(Cc1ccccn1)CCOCCO2. The molecule has 0 fully saturated rings. The van der Waals surface area contributed by atoms with Crippen molar-refractivity contribution in [1.29, 1.82) is 0 Å². The number of carbonyl (C=O) groups excluding carboxylic acids is 1. The maximum atomic E-state index is 13.2. The second-order valence-corrected chi connectivity index (χ2v) is 10.4. The molecule has 1 aliphatic heterocycles. The highest BCUT2D eigenvalue weighted by atomic mass is 16.5. The van der Waals surface area contributed by atoms with Gasteiger partial charge in [-0.2, -0.15) is 0 Å². The molecule has 2 N–H and O–H groups in total. The van der Waals surface area contributed by atoms with Crippen molar-refractivity contribution >= 4 is 5.91 Å². The van der Waals surface area contributed by atoms with Crippen molar-refractivity contribution in [3.05, 3.63) is 131 Å². The van der Waals surface area contributed by atoms with E-state index in [1.807, 2.05) is 66.9 Å². The molecule has 1 aromatic heterocycles. The number of aliphatic hydroxyl groups excluding tert-OH is 1. The Hall–Kier alpha value is -4.04. The lowest BCUT2D eigenvalue weighted by molar-refractivity contribution is 0.0754. The number of benzene rings is 3. The highest BCUT2D eigenvalue weighted by Crippen LogP contribution is 2.25. The molecule has 41 heavy (non-hydrogen) atoms. The molecule has 1 atom stereocenters. The Morgan fingerprint density at radius 2 is 1.78 bits per heavy atom. The van der Waals surface area contributed by atoms with Crippen LogP contribution in [0, 0.1) is 0 Å².